The molecule has 0 atom stereocenters. The number of benzene rings is 1. The number of H-pyrrole nitrogens is 1. The number of carbonyl (C=O) groups excluding carboxylic acids is 1. The summed E-state index contributed by atoms with van der Waals surface area (Å²) in [5.74, 6) is 2.11. The molecule has 0 radical (unpaired) electrons. The average Bonchev–Trinajstić information content (AvgIpc) is 3.18. The summed E-state index contributed by atoms with van der Waals surface area (Å²) in [5.41, 5.74) is 2.07. The minimum absolute atomic E-state index is 0.0345. The Bertz CT molecular complexity index is 964. The summed E-state index contributed by atoms with van der Waals surface area (Å²) in [7, 11) is 0. The SMILES string of the molecule is Cc1ncccc1OC1CCC(NC(=O)Cc2n[nH]c(Cc3ccccc3)n2)CC1. The van der Waals surface area contributed by atoms with Crippen molar-refractivity contribution < 1.29 is 9.53 Å². The Hall–Kier alpha value is -3.22. The first-order valence-electron chi connectivity index (χ1n) is 10.5. The maximum atomic E-state index is 12.4. The molecule has 1 aliphatic carbocycles. The van der Waals surface area contributed by atoms with Crippen LogP contribution in [0.2, 0.25) is 0 Å². The molecule has 1 saturated carbocycles. The fourth-order valence-electron chi connectivity index (χ4n) is 3.80. The van der Waals surface area contributed by atoms with Crippen LogP contribution in [0, 0.1) is 6.92 Å². The standard InChI is InChI=1S/C23H27N5O2/c1-16-20(8-5-13-24-16)30-19-11-9-18(10-12-19)25-23(29)15-22-26-21(27-28-22)14-17-6-3-2-4-7-17/h2-8,13,18-19H,9-12,14-15H2,1H3,(H,25,29)(H,26,27,28). The molecular weight excluding hydrogens is 378 g/mol. The topological polar surface area (TPSA) is 92.8 Å². The Labute approximate surface area is 176 Å². The van der Waals surface area contributed by atoms with E-state index in [1.807, 2.05) is 49.4 Å². The molecule has 2 N–H and O–H groups in total. The Morgan fingerprint density at radius 3 is 2.70 bits per heavy atom. The summed E-state index contributed by atoms with van der Waals surface area (Å²) < 4.78 is 6.09. The van der Waals surface area contributed by atoms with Crippen molar-refractivity contribution in [3.05, 3.63) is 71.6 Å². The number of aromatic amines is 1. The van der Waals surface area contributed by atoms with E-state index in [1.54, 1.807) is 6.20 Å². The quantitative estimate of drug-likeness (QED) is 0.630. The number of rotatable bonds is 7. The van der Waals surface area contributed by atoms with Crippen LogP contribution < -0.4 is 10.1 Å². The molecule has 0 aliphatic heterocycles. The fourth-order valence-corrected chi connectivity index (χ4v) is 3.80. The lowest BCUT2D eigenvalue weighted by atomic mass is 9.92. The van der Waals surface area contributed by atoms with Crippen LogP contribution in [-0.2, 0) is 17.6 Å². The second-order valence-corrected chi connectivity index (χ2v) is 7.78. The molecule has 1 fully saturated rings. The summed E-state index contributed by atoms with van der Waals surface area (Å²) in [5, 5.41) is 10.2. The molecule has 2 heterocycles. The van der Waals surface area contributed by atoms with Gasteiger partial charge in [-0.3, -0.25) is 14.9 Å². The molecule has 0 spiro atoms. The normalized spacial score (nSPS) is 18.7. The molecule has 0 saturated heterocycles. The molecule has 0 bridgehead atoms. The van der Waals surface area contributed by atoms with Gasteiger partial charge in [-0.25, -0.2) is 4.98 Å². The summed E-state index contributed by atoms with van der Waals surface area (Å²) >= 11 is 0. The van der Waals surface area contributed by atoms with Crippen LogP contribution in [0.5, 0.6) is 5.75 Å². The van der Waals surface area contributed by atoms with E-state index in [2.05, 4.69) is 25.5 Å². The first-order valence-corrected chi connectivity index (χ1v) is 10.5. The molecule has 1 aliphatic rings. The Balaban J connectivity index is 1.21. The summed E-state index contributed by atoms with van der Waals surface area (Å²) in [6.07, 6.45) is 6.46. The van der Waals surface area contributed by atoms with Crippen molar-refractivity contribution in [2.45, 2.75) is 57.6 Å². The molecule has 7 nitrogen and oxygen atoms in total. The highest BCUT2D eigenvalue weighted by Crippen LogP contribution is 2.25. The zero-order valence-electron chi connectivity index (χ0n) is 17.2. The maximum Gasteiger partial charge on any atom is 0.227 e. The molecular formula is C23H27N5O2. The van der Waals surface area contributed by atoms with Crippen molar-refractivity contribution >= 4 is 5.91 Å². The summed E-state index contributed by atoms with van der Waals surface area (Å²) in [6, 6.07) is 14.1. The van der Waals surface area contributed by atoms with Gasteiger partial charge in [0.25, 0.3) is 0 Å². The number of hydrogen-bond donors (Lipinski definition) is 2. The number of amides is 1. The van der Waals surface area contributed by atoms with E-state index >= 15 is 0 Å². The van der Waals surface area contributed by atoms with Gasteiger partial charge >= 0.3 is 0 Å². The predicted octanol–water partition coefficient (Wildman–Crippen LogP) is 3.15. The van der Waals surface area contributed by atoms with Gasteiger partial charge in [0.05, 0.1) is 18.2 Å². The molecule has 30 heavy (non-hydrogen) atoms. The highest BCUT2D eigenvalue weighted by atomic mass is 16.5. The minimum atomic E-state index is -0.0345. The lowest BCUT2D eigenvalue weighted by Gasteiger charge is -2.29. The van der Waals surface area contributed by atoms with E-state index in [0.717, 1.165) is 48.5 Å². The Kier molecular flexibility index (Phi) is 6.37. The number of ether oxygens (including phenoxy) is 1. The monoisotopic (exact) mass is 405 g/mol. The molecule has 156 valence electrons. The highest BCUT2D eigenvalue weighted by Gasteiger charge is 2.24. The smallest absolute Gasteiger partial charge is 0.227 e. The molecule has 4 rings (SSSR count). The molecule has 3 aromatic rings. The van der Waals surface area contributed by atoms with Crippen LogP contribution in [0.1, 0.15) is 48.6 Å². The van der Waals surface area contributed by atoms with Crippen molar-refractivity contribution in [2.24, 2.45) is 0 Å². The molecule has 7 heteroatoms. The Morgan fingerprint density at radius 1 is 1.13 bits per heavy atom. The van der Waals surface area contributed by atoms with Gasteiger partial charge in [0, 0.05) is 18.7 Å². The minimum Gasteiger partial charge on any atom is -0.489 e. The number of nitrogens with zero attached hydrogens (tertiary/aromatic N) is 3. The zero-order valence-corrected chi connectivity index (χ0v) is 17.2. The Morgan fingerprint density at radius 2 is 1.93 bits per heavy atom. The highest BCUT2D eigenvalue weighted by molar-refractivity contribution is 5.78. The van der Waals surface area contributed by atoms with Crippen LogP contribution in [0.3, 0.4) is 0 Å². The van der Waals surface area contributed by atoms with Gasteiger partial charge in [-0.2, -0.15) is 5.10 Å². The number of hydrogen-bond acceptors (Lipinski definition) is 5. The first-order chi connectivity index (χ1) is 14.7. The molecule has 1 amide bonds. The van der Waals surface area contributed by atoms with Crippen molar-refractivity contribution in [1.82, 2.24) is 25.5 Å². The van der Waals surface area contributed by atoms with Crippen molar-refractivity contribution in [3.63, 3.8) is 0 Å². The van der Waals surface area contributed by atoms with E-state index in [1.165, 1.54) is 0 Å². The van der Waals surface area contributed by atoms with Gasteiger partial charge in [0.1, 0.15) is 11.6 Å². The van der Waals surface area contributed by atoms with Crippen LogP contribution >= 0.6 is 0 Å². The van der Waals surface area contributed by atoms with E-state index < -0.39 is 0 Å². The predicted molar refractivity (Wildman–Crippen MR) is 113 cm³/mol. The number of pyridine rings is 1. The van der Waals surface area contributed by atoms with E-state index in [9.17, 15) is 4.79 Å². The van der Waals surface area contributed by atoms with E-state index in [-0.39, 0.29) is 24.5 Å². The molecule has 2 aromatic heterocycles. The zero-order chi connectivity index (χ0) is 20.8. The lowest BCUT2D eigenvalue weighted by molar-refractivity contribution is -0.121. The third-order valence-corrected chi connectivity index (χ3v) is 5.40. The van der Waals surface area contributed by atoms with Crippen molar-refractivity contribution in [1.29, 1.82) is 0 Å². The van der Waals surface area contributed by atoms with Crippen LogP contribution in [0.4, 0.5) is 0 Å². The van der Waals surface area contributed by atoms with Gasteiger partial charge < -0.3 is 10.1 Å². The lowest BCUT2D eigenvalue weighted by Crippen LogP contribution is -2.40. The third-order valence-electron chi connectivity index (χ3n) is 5.40. The van der Waals surface area contributed by atoms with Gasteiger partial charge in [-0.15, -0.1) is 0 Å². The van der Waals surface area contributed by atoms with E-state index in [0.29, 0.717) is 12.2 Å². The van der Waals surface area contributed by atoms with Gasteiger partial charge in [0.15, 0.2) is 5.82 Å². The summed E-state index contributed by atoms with van der Waals surface area (Å²) in [4.78, 5) is 21.1. The number of aromatic nitrogens is 4. The second kappa shape index (κ2) is 9.52. The van der Waals surface area contributed by atoms with Crippen LogP contribution in [0.25, 0.3) is 0 Å². The van der Waals surface area contributed by atoms with Gasteiger partial charge in [0.2, 0.25) is 5.91 Å². The third kappa shape index (κ3) is 5.43. The van der Waals surface area contributed by atoms with Gasteiger partial charge in [-0.05, 0) is 50.3 Å². The number of nitrogens with one attached hydrogen (secondary N) is 2. The largest absolute Gasteiger partial charge is 0.489 e. The first kappa shape index (κ1) is 20.1. The number of aryl methyl sites for hydroxylation is 1. The van der Waals surface area contributed by atoms with E-state index in [4.69, 9.17) is 4.74 Å². The summed E-state index contributed by atoms with van der Waals surface area (Å²) in [6.45, 7) is 1.95. The van der Waals surface area contributed by atoms with Crippen LogP contribution in [-0.4, -0.2) is 38.2 Å². The van der Waals surface area contributed by atoms with Gasteiger partial charge in [-0.1, -0.05) is 30.3 Å². The maximum absolute atomic E-state index is 12.4. The van der Waals surface area contributed by atoms with Crippen molar-refractivity contribution in [2.75, 3.05) is 0 Å². The molecule has 1 aromatic carbocycles. The van der Waals surface area contributed by atoms with Crippen LogP contribution in [0.15, 0.2) is 48.7 Å². The second-order valence-electron chi connectivity index (χ2n) is 7.78. The van der Waals surface area contributed by atoms with Crippen molar-refractivity contribution in [3.8, 4) is 5.75 Å². The average molecular weight is 406 g/mol. The number of carbonyl (C=O) groups is 1. The fraction of sp³-hybridized carbons (Fsp3) is 0.391. The molecule has 0 unspecified atom stereocenters.